The number of piperidine rings is 1. The van der Waals surface area contributed by atoms with Crippen LogP contribution in [0.25, 0.3) is 11.0 Å². The van der Waals surface area contributed by atoms with Crippen LogP contribution in [0.2, 0.25) is 0 Å². The second-order valence-electron chi connectivity index (χ2n) is 11.0. The molecule has 2 aromatic carbocycles. The minimum absolute atomic E-state index is 0.0433. The Morgan fingerprint density at radius 1 is 1.14 bits per heavy atom. The summed E-state index contributed by atoms with van der Waals surface area (Å²) in [6.45, 7) is 7.68. The Bertz CT molecular complexity index is 1380. The number of carbonyl (C=O) groups is 1. The van der Waals surface area contributed by atoms with Crippen molar-refractivity contribution in [3.05, 3.63) is 74.6 Å². The molecule has 1 N–H and O–H groups in total. The highest BCUT2D eigenvalue weighted by Gasteiger charge is 2.43. The van der Waals surface area contributed by atoms with E-state index in [1.54, 1.807) is 6.07 Å². The number of hydrogen-bond acceptors (Lipinski definition) is 5. The summed E-state index contributed by atoms with van der Waals surface area (Å²) in [6.07, 6.45) is 5.26. The largest absolute Gasteiger partial charge is 0.489 e. The third-order valence-electron chi connectivity index (χ3n) is 8.53. The lowest BCUT2D eigenvalue weighted by Gasteiger charge is -2.47. The number of nitrogens with zero attached hydrogens (tertiary/aromatic N) is 1. The van der Waals surface area contributed by atoms with Crippen molar-refractivity contribution in [2.45, 2.75) is 77.9 Å². The third-order valence-corrected chi connectivity index (χ3v) is 8.53. The molecule has 1 aliphatic carbocycles. The summed E-state index contributed by atoms with van der Waals surface area (Å²) in [5.41, 5.74) is 4.37. The molecule has 2 heterocycles. The minimum Gasteiger partial charge on any atom is -0.489 e. The SMILES string of the molecule is Cc1ccc(C)c(COc2ccc3c(C)c(CCC(=O)N4CC[C@]5(O)CCCC[C@@H]5C4)c(=O)oc3c2)c1. The normalized spacial score (nSPS) is 21.6. The number of carbonyl (C=O) groups excluding carboxylic acids is 1. The Morgan fingerprint density at radius 3 is 2.81 bits per heavy atom. The highest BCUT2D eigenvalue weighted by Crippen LogP contribution is 2.40. The number of rotatable bonds is 6. The molecule has 196 valence electrons. The van der Waals surface area contributed by atoms with E-state index in [-0.39, 0.29) is 18.2 Å². The predicted molar refractivity (Wildman–Crippen MR) is 144 cm³/mol. The molecule has 5 rings (SSSR count). The van der Waals surface area contributed by atoms with E-state index in [1.807, 2.05) is 24.0 Å². The van der Waals surface area contributed by atoms with Gasteiger partial charge in [-0.15, -0.1) is 0 Å². The first kappa shape index (κ1) is 25.5. The van der Waals surface area contributed by atoms with Gasteiger partial charge in [0.1, 0.15) is 17.9 Å². The lowest BCUT2D eigenvalue weighted by atomic mass is 9.71. The molecule has 0 spiro atoms. The molecule has 2 atom stereocenters. The van der Waals surface area contributed by atoms with Crippen LogP contribution < -0.4 is 10.4 Å². The average Bonchev–Trinajstić information content (AvgIpc) is 2.88. The summed E-state index contributed by atoms with van der Waals surface area (Å²) in [5, 5.41) is 11.8. The smallest absolute Gasteiger partial charge is 0.339 e. The number of aliphatic hydroxyl groups is 1. The number of fused-ring (bicyclic) bond motifs is 2. The minimum atomic E-state index is -0.605. The van der Waals surface area contributed by atoms with E-state index in [2.05, 4.69) is 32.0 Å². The molecule has 3 aromatic rings. The Hall–Kier alpha value is -3.12. The topological polar surface area (TPSA) is 80.0 Å². The average molecular weight is 504 g/mol. The van der Waals surface area contributed by atoms with Gasteiger partial charge >= 0.3 is 5.63 Å². The van der Waals surface area contributed by atoms with Crippen molar-refractivity contribution in [2.75, 3.05) is 13.1 Å². The van der Waals surface area contributed by atoms with E-state index in [9.17, 15) is 14.7 Å². The van der Waals surface area contributed by atoms with E-state index >= 15 is 0 Å². The number of ether oxygens (including phenoxy) is 1. The van der Waals surface area contributed by atoms with Crippen LogP contribution >= 0.6 is 0 Å². The summed E-state index contributed by atoms with van der Waals surface area (Å²) in [7, 11) is 0. The maximum absolute atomic E-state index is 13.0. The van der Waals surface area contributed by atoms with E-state index in [0.717, 1.165) is 42.2 Å². The van der Waals surface area contributed by atoms with Crippen LogP contribution in [0.5, 0.6) is 5.75 Å². The van der Waals surface area contributed by atoms with Crippen LogP contribution in [0.1, 0.15) is 66.3 Å². The quantitative estimate of drug-likeness (QED) is 0.457. The molecule has 1 aromatic heterocycles. The van der Waals surface area contributed by atoms with Crippen molar-refractivity contribution in [3.63, 3.8) is 0 Å². The molecule has 6 heteroatoms. The van der Waals surface area contributed by atoms with Gasteiger partial charge < -0.3 is 19.2 Å². The van der Waals surface area contributed by atoms with Gasteiger partial charge in [0.15, 0.2) is 0 Å². The highest BCUT2D eigenvalue weighted by molar-refractivity contribution is 5.83. The summed E-state index contributed by atoms with van der Waals surface area (Å²) in [5.74, 6) is 0.853. The van der Waals surface area contributed by atoms with E-state index in [4.69, 9.17) is 9.15 Å². The molecule has 0 unspecified atom stereocenters. The molecule has 1 amide bonds. The first-order valence-corrected chi connectivity index (χ1v) is 13.5. The summed E-state index contributed by atoms with van der Waals surface area (Å²) in [4.78, 5) is 27.8. The zero-order valence-corrected chi connectivity index (χ0v) is 22.1. The van der Waals surface area contributed by atoms with Gasteiger partial charge in [-0.05, 0) is 75.3 Å². The van der Waals surface area contributed by atoms with E-state index < -0.39 is 11.2 Å². The Kier molecular flexibility index (Phi) is 7.13. The third kappa shape index (κ3) is 5.30. The Balaban J connectivity index is 1.26. The molecule has 6 nitrogen and oxygen atoms in total. The van der Waals surface area contributed by atoms with Crippen molar-refractivity contribution in [1.82, 2.24) is 4.90 Å². The van der Waals surface area contributed by atoms with E-state index in [0.29, 0.717) is 49.4 Å². The van der Waals surface area contributed by atoms with E-state index in [1.165, 1.54) is 11.1 Å². The van der Waals surface area contributed by atoms with Crippen LogP contribution in [0.3, 0.4) is 0 Å². The Morgan fingerprint density at radius 2 is 1.97 bits per heavy atom. The van der Waals surface area contributed by atoms with Gasteiger partial charge in [-0.3, -0.25) is 4.79 Å². The molecule has 37 heavy (non-hydrogen) atoms. The van der Waals surface area contributed by atoms with Crippen molar-refractivity contribution >= 4 is 16.9 Å². The van der Waals surface area contributed by atoms with Crippen molar-refractivity contribution in [1.29, 1.82) is 0 Å². The highest BCUT2D eigenvalue weighted by atomic mass is 16.5. The van der Waals surface area contributed by atoms with Gasteiger partial charge in [0.05, 0.1) is 5.60 Å². The lowest BCUT2D eigenvalue weighted by molar-refractivity contribution is -0.143. The maximum atomic E-state index is 13.0. The molecule has 0 bridgehead atoms. The molecular weight excluding hydrogens is 466 g/mol. The van der Waals surface area contributed by atoms with Crippen LogP contribution in [0.4, 0.5) is 0 Å². The second kappa shape index (κ2) is 10.3. The molecule has 1 saturated heterocycles. The number of hydrogen-bond donors (Lipinski definition) is 1. The molecule has 1 saturated carbocycles. The van der Waals surface area contributed by atoms with Gasteiger partial charge in [-0.2, -0.15) is 0 Å². The second-order valence-corrected chi connectivity index (χ2v) is 11.0. The van der Waals surface area contributed by atoms with Crippen LogP contribution in [-0.2, 0) is 17.8 Å². The fourth-order valence-corrected chi connectivity index (χ4v) is 6.06. The van der Waals surface area contributed by atoms with Crippen LogP contribution in [0, 0.1) is 26.7 Å². The number of benzene rings is 2. The molecule has 2 fully saturated rings. The van der Waals surface area contributed by atoms with Crippen molar-refractivity contribution in [3.8, 4) is 5.75 Å². The number of aryl methyl sites for hydroxylation is 3. The van der Waals surface area contributed by atoms with Gasteiger partial charge in [-0.1, -0.05) is 36.6 Å². The number of likely N-dealkylation sites (tertiary alicyclic amines) is 1. The van der Waals surface area contributed by atoms with Crippen LogP contribution in [0.15, 0.2) is 45.6 Å². The van der Waals surface area contributed by atoms with Crippen molar-refractivity contribution < 1.29 is 19.1 Å². The monoisotopic (exact) mass is 503 g/mol. The first-order chi connectivity index (χ1) is 17.7. The first-order valence-electron chi connectivity index (χ1n) is 13.5. The lowest BCUT2D eigenvalue weighted by Crippen LogP contribution is -2.54. The van der Waals surface area contributed by atoms with Gasteiger partial charge in [-0.25, -0.2) is 4.79 Å². The van der Waals surface area contributed by atoms with Gasteiger partial charge in [0.2, 0.25) is 5.91 Å². The molecular formula is C31H37NO5. The fourth-order valence-electron chi connectivity index (χ4n) is 6.06. The molecule has 0 radical (unpaired) electrons. The van der Waals surface area contributed by atoms with Gasteiger partial charge in [0.25, 0.3) is 0 Å². The summed E-state index contributed by atoms with van der Waals surface area (Å²) < 4.78 is 11.7. The van der Waals surface area contributed by atoms with Crippen molar-refractivity contribution in [2.24, 2.45) is 5.92 Å². The zero-order valence-electron chi connectivity index (χ0n) is 22.1. The molecule has 1 aliphatic heterocycles. The summed E-state index contributed by atoms with van der Waals surface area (Å²) in [6, 6.07) is 11.9. The number of amides is 1. The maximum Gasteiger partial charge on any atom is 0.339 e. The zero-order chi connectivity index (χ0) is 26.2. The molecule has 2 aliphatic rings. The fraction of sp³-hybridized carbons (Fsp3) is 0.484. The van der Waals surface area contributed by atoms with Gasteiger partial charge in [0, 0.05) is 42.4 Å². The summed E-state index contributed by atoms with van der Waals surface area (Å²) >= 11 is 0. The van der Waals surface area contributed by atoms with Crippen LogP contribution in [-0.4, -0.2) is 34.6 Å². The standard InChI is InChI=1S/C31H37NO5/c1-20-7-8-21(2)23(16-20)19-36-25-9-10-26-22(3)27(30(34)37-28(26)17-25)11-12-29(33)32-15-14-31(35)13-5-4-6-24(31)18-32/h7-10,16-17,24,35H,4-6,11-15,18-19H2,1-3H3/t24-,31-/m1/s1. The predicted octanol–water partition coefficient (Wildman–Crippen LogP) is 5.38. The Labute approximate surface area is 218 Å².